The largest absolute Gasteiger partial charge is 0.490 e. The third kappa shape index (κ3) is 4.81. The molecule has 11 heteroatoms. The fraction of sp³-hybridized carbons (Fsp3) is 0.464. The predicted molar refractivity (Wildman–Crippen MR) is 148 cm³/mol. The van der Waals surface area contributed by atoms with Crippen molar-refractivity contribution in [3.63, 3.8) is 0 Å². The number of piperazine rings is 1. The van der Waals surface area contributed by atoms with Gasteiger partial charge in [0.25, 0.3) is 0 Å². The Bertz CT molecular complexity index is 1460. The fourth-order valence-electron chi connectivity index (χ4n) is 5.87. The summed E-state index contributed by atoms with van der Waals surface area (Å²) in [6.45, 7) is 12.5. The molecule has 0 spiro atoms. The quantitative estimate of drug-likeness (QED) is 0.544. The third-order valence-electron chi connectivity index (χ3n) is 7.67. The van der Waals surface area contributed by atoms with Gasteiger partial charge in [-0.1, -0.05) is 0 Å². The molecule has 3 saturated heterocycles. The molecule has 3 aromatic heterocycles. The van der Waals surface area contributed by atoms with Crippen LogP contribution in [0.25, 0.3) is 5.52 Å². The van der Waals surface area contributed by atoms with E-state index in [1.165, 1.54) is 10.1 Å². The maximum atomic E-state index is 14.7. The molecule has 10 nitrogen and oxygen atoms in total. The van der Waals surface area contributed by atoms with Crippen molar-refractivity contribution in [2.24, 2.45) is 5.73 Å². The van der Waals surface area contributed by atoms with Crippen molar-refractivity contribution in [2.75, 3.05) is 67.1 Å². The van der Waals surface area contributed by atoms with Crippen LogP contribution in [0, 0.1) is 24.1 Å². The molecule has 3 aliphatic rings. The summed E-state index contributed by atoms with van der Waals surface area (Å²) < 4.78 is 22.2. The summed E-state index contributed by atoms with van der Waals surface area (Å²) >= 11 is 0. The van der Waals surface area contributed by atoms with Gasteiger partial charge in [-0.2, -0.15) is 10.4 Å². The van der Waals surface area contributed by atoms with E-state index in [-0.39, 0.29) is 11.6 Å². The summed E-state index contributed by atoms with van der Waals surface area (Å²) in [6, 6.07) is 7.76. The number of ether oxygens (including phenoxy) is 1. The number of pyridine rings is 2. The van der Waals surface area contributed by atoms with Crippen LogP contribution in [0.2, 0.25) is 0 Å². The molecule has 3 fully saturated rings. The van der Waals surface area contributed by atoms with Crippen LogP contribution in [0.5, 0.6) is 0 Å². The minimum Gasteiger partial charge on any atom is -0.490 e. The zero-order valence-electron chi connectivity index (χ0n) is 22.6. The van der Waals surface area contributed by atoms with E-state index >= 15 is 0 Å². The van der Waals surface area contributed by atoms with Crippen molar-refractivity contribution in [3.05, 3.63) is 59.6 Å². The van der Waals surface area contributed by atoms with Gasteiger partial charge in [0, 0.05) is 51.0 Å². The molecule has 2 N–H and O–H groups in total. The molecule has 0 bridgehead atoms. The molecule has 0 unspecified atom stereocenters. The van der Waals surface area contributed by atoms with Crippen LogP contribution in [-0.4, -0.2) is 83.5 Å². The Morgan fingerprint density at radius 3 is 2.62 bits per heavy atom. The normalized spacial score (nSPS) is 22.2. The topological polar surface area (TPSA) is 102 Å². The summed E-state index contributed by atoms with van der Waals surface area (Å²) in [4.78, 5) is 13.8. The van der Waals surface area contributed by atoms with Crippen molar-refractivity contribution in [3.8, 4) is 6.07 Å². The van der Waals surface area contributed by atoms with E-state index in [1.807, 2.05) is 13.1 Å². The lowest BCUT2D eigenvalue weighted by atomic mass is 9.93. The zero-order chi connectivity index (χ0) is 27.3. The SMILES string of the molecule is Cc1cc(N2CC(C)(N)C2)cnc1N1CCN(/C=C2\CN(c3ccc(C#N)n4ncc(F)c34)C[C@@H](C)O2)CC1. The monoisotopic (exact) mass is 531 g/mol. The molecule has 3 aliphatic heterocycles. The van der Waals surface area contributed by atoms with Crippen molar-refractivity contribution in [1.82, 2.24) is 19.5 Å². The van der Waals surface area contributed by atoms with Gasteiger partial charge < -0.3 is 30.1 Å². The lowest BCUT2D eigenvalue weighted by Crippen LogP contribution is -2.65. The van der Waals surface area contributed by atoms with Crippen LogP contribution < -0.4 is 20.4 Å². The number of nitrogens with two attached hydrogens (primary N) is 1. The van der Waals surface area contributed by atoms with E-state index in [0.29, 0.717) is 30.0 Å². The van der Waals surface area contributed by atoms with E-state index in [9.17, 15) is 9.65 Å². The first-order valence-electron chi connectivity index (χ1n) is 13.4. The summed E-state index contributed by atoms with van der Waals surface area (Å²) in [6.07, 6.45) is 5.14. The molecule has 0 amide bonds. The number of aryl methyl sites for hydroxylation is 1. The predicted octanol–water partition coefficient (Wildman–Crippen LogP) is 2.47. The minimum absolute atomic E-state index is 0.0677. The second-order valence-corrected chi connectivity index (χ2v) is 11.2. The number of morpholine rings is 1. The first-order chi connectivity index (χ1) is 18.7. The second kappa shape index (κ2) is 9.61. The second-order valence-electron chi connectivity index (χ2n) is 11.2. The van der Waals surface area contributed by atoms with E-state index in [4.69, 9.17) is 15.5 Å². The maximum Gasteiger partial charge on any atom is 0.171 e. The number of nitriles is 1. The van der Waals surface area contributed by atoms with Gasteiger partial charge in [-0.15, -0.1) is 0 Å². The smallest absolute Gasteiger partial charge is 0.171 e. The number of nitrogens with zero attached hydrogens (tertiary/aromatic N) is 8. The Morgan fingerprint density at radius 1 is 1.15 bits per heavy atom. The van der Waals surface area contributed by atoms with Gasteiger partial charge in [0.15, 0.2) is 5.82 Å². The van der Waals surface area contributed by atoms with Gasteiger partial charge in [0.1, 0.15) is 35.0 Å². The lowest BCUT2D eigenvalue weighted by molar-refractivity contribution is 0.107. The number of rotatable bonds is 4. The highest BCUT2D eigenvalue weighted by Crippen LogP contribution is 2.31. The molecule has 1 atom stereocenters. The molecule has 6 rings (SSSR count). The molecule has 39 heavy (non-hydrogen) atoms. The van der Waals surface area contributed by atoms with Crippen LogP contribution >= 0.6 is 0 Å². The average Bonchev–Trinajstić information content (AvgIpc) is 3.28. The standard InChI is InChI=1S/C28H34FN9O/c1-19-10-22(37-17-28(3,31)18-37)12-32-27(19)35-8-6-34(7-9-35)15-23-16-36(14-20(2)39-23)25-5-4-21(11-30)38-26(25)24(29)13-33-38/h4-5,10,12-13,15,20H,6-9,14,16-18,31H2,1-3H3/b23-15+/t20-/m1/s1. The number of anilines is 3. The van der Waals surface area contributed by atoms with Crippen molar-refractivity contribution < 1.29 is 9.13 Å². The Kier molecular flexibility index (Phi) is 6.22. The third-order valence-corrected chi connectivity index (χ3v) is 7.67. The molecule has 204 valence electrons. The summed E-state index contributed by atoms with van der Waals surface area (Å²) in [5, 5.41) is 13.4. The van der Waals surface area contributed by atoms with Gasteiger partial charge in [-0.25, -0.2) is 13.9 Å². The molecule has 0 radical (unpaired) electrons. The van der Waals surface area contributed by atoms with Crippen LogP contribution in [0.15, 0.2) is 42.6 Å². The van der Waals surface area contributed by atoms with Crippen molar-refractivity contribution in [2.45, 2.75) is 32.4 Å². The fourth-order valence-corrected chi connectivity index (χ4v) is 5.87. The summed E-state index contributed by atoms with van der Waals surface area (Å²) in [7, 11) is 0. The number of fused-ring (bicyclic) bond motifs is 1. The summed E-state index contributed by atoms with van der Waals surface area (Å²) in [5.41, 5.74) is 9.68. The average molecular weight is 532 g/mol. The van der Waals surface area contributed by atoms with Gasteiger partial charge in [-0.3, -0.25) is 0 Å². The highest BCUT2D eigenvalue weighted by Gasteiger charge is 2.35. The van der Waals surface area contributed by atoms with E-state index in [2.05, 4.69) is 56.9 Å². The Morgan fingerprint density at radius 2 is 1.92 bits per heavy atom. The number of hydrogen-bond acceptors (Lipinski definition) is 9. The van der Waals surface area contributed by atoms with Gasteiger partial charge >= 0.3 is 0 Å². The Balaban J connectivity index is 1.13. The first kappa shape index (κ1) is 25.2. The molecule has 3 aromatic rings. The van der Waals surface area contributed by atoms with Gasteiger partial charge in [-0.05, 0) is 44.5 Å². The molecule has 0 aromatic carbocycles. The molecule has 0 saturated carbocycles. The number of halogens is 1. The van der Waals surface area contributed by atoms with Crippen molar-refractivity contribution >= 4 is 22.7 Å². The number of hydrogen-bond donors (Lipinski definition) is 1. The van der Waals surface area contributed by atoms with E-state index in [0.717, 1.165) is 62.7 Å². The van der Waals surface area contributed by atoms with Crippen molar-refractivity contribution in [1.29, 1.82) is 5.26 Å². The lowest BCUT2D eigenvalue weighted by Gasteiger charge is -2.47. The Hall–Kier alpha value is -4.04. The molecule has 6 heterocycles. The Labute approximate surface area is 227 Å². The van der Waals surface area contributed by atoms with Gasteiger partial charge in [0.2, 0.25) is 0 Å². The first-order valence-corrected chi connectivity index (χ1v) is 13.4. The maximum absolute atomic E-state index is 14.7. The highest BCUT2D eigenvalue weighted by molar-refractivity contribution is 5.75. The molecule has 0 aliphatic carbocycles. The van der Waals surface area contributed by atoms with Crippen LogP contribution in [0.3, 0.4) is 0 Å². The number of aromatic nitrogens is 3. The van der Waals surface area contributed by atoms with E-state index in [1.54, 1.807) is 12.1 Å². The van der Waals surface area contributed by atoms with E-state index < -0.39 is 5.82 Å². The molecular formula is C28H34FN9O. The molecular weight excluding hydrogens is 497 g/mol. The van der Waals surface area contributed by atoms with Crippen LogP contribution in [0.1, 0.15) is 25.1 Å². The summed E-state index contributed by atoms with van der Waals surface area (Å²) in [5.74, 6) is 1.43. The van der Waals surface area contributed by atoms with Crippen LogP contribution in [0.4, 0.5) is 21.6 Å². The highest BCUT2D eigenvalue weighted by atomic mass is 19.1. The van der Waals surface area contributed by atoms with Gasteiger partial charge in [0.05, 0.1) is 36.9 Å². The zero-order valence-corrected chi connectivity index (χ0v) is 22.6. The minimum atomic E-state index is -0.442. The van der Waals surface area contributed by atoms with Crippen LogP contribution in [-0.2, 0) is 4.74 Å².